The van der Waals surface area contributed by atoms with E-state index in [0.717, 1.165) is 17.7 Å². The highest BCUT2D eigenvalue weighted by Crippen LogP contribution is 2.30. The van der Waals surface area contributed by atoms with E-state index in [0.29, 0.717) is 30.3 Å². The number of hydrogen-bond donors (Lipinski definition) is 1. The molecule has 33 heavy (non-hydrogen) atoms. The van der Waals surface area contributed by atoms with Gasteiger partial charge in [0, 0.05) is 25.7 Å². The van der Waals surface area contributed by atoms with Crippen LogP contribution >= 0.6 is 11.3 Å². The van der Waals surface area contributed by atoms with Crippen LogP contribution in [0, 0.1) is 0 Å². The van der Waals surface area contributed by atoms with Gasteiger partial charge in [0.15, 0.2) is 0 Å². The topological polar surface area (TPSA) is 113 Å². The third-order valence-corrected chi connectivity index (χ3v) is 6.87. The number of nitrogens with one attached hydrogen (secondary N) is 1. The molecular weight excluding hydrogens is 442 g/mol. The smallest absolute Gasteiger partial charge is 0.251 e. The van der Waals surface area contributed by atoms with Gasteiger partial charge in [-0.2, -0.15) is 4.80 Å². The molecule has 0 bridgehead atoms. The second kappa shape index (κ2) is 8.83. The lowest BCUT2D eigenvalue weighted by molar-refractivity contribution is -0.123. The van der Waals surface area contributed by atoms with Crippen LogP contribution in [0.15, 0.2) is 41.8 Å². The average Bonchev–Trinajstić information content (AvgIpc) is 3.55. The maximum atomic E-state index is 13.1. The molecule has 2 aliphatic rings. The number of thiophene rings is 1. The molecule has 0 saturated carbocycles. The van der Waals surface area contributed by atoms with Gasteiger partial charge in [-0.15, -0.1) is 21.5 Å². The lowest BCUT2D eigenvalue weighted by Crippen LogP contribution is -2.46. The lowest BCUT2D eigenvalue weighted by atomic mass is 10.0. The van der Waals surface area contributed by atoms with Crippen molar-refractivity contribution >= 4 is 40.4 Å². The standard InChI is InChI=1S/C22H23N7O3S/c1-14(30)23-15-4-6-16(7-5-15)28-20(31)13-18(22(28)32)27-10-8-17(9-11-27)29-25-21(24-26-29)19-3-2-12-33-19/h2-7,12,17-18H,8-11,13H2,1H3,(H,23,30)/t18-/m1/s1. The van der Waals surface area contributed by atoms with Gasteiger partial charge in [-0.25, -0.2) is 4.90 Å². The Morgan fingerprint density at radius 1 is 1.12 bits per heavy atom. The van der Waals surface area contributed by atoms with Crippen LogP contribution in [0.5, 0.6) is 0 Å². The summed E-state index contributed by atoms with van der Waals surface area (Å²) in [6.45, 7) is 2.79. The number of anilines is 2. The SMILES string of the molecule is CC(=O)Nc1ccc(N2C(=O)C[C@@H](N3CCC(n4nnc(-c5cccs5)n4)CC3)C2=O)cc1. The fourth-order valence-electron chi connectivity index (χ4n) is 4.38. The Labute approximate surface area is 194 Å². The first kappa shape index (κ1) is 21.4. The molecule has 2 aromatic heterocycles. The van der Waals surface area contributed by atoms with Gasteiger partial charge < -0.3 is 5.32 Å². The van der Waals surface area contributed by atoms with Gasteiger partial charge in [-0.1, -0.05) is 6.07 Å². The predicted molar refractivity (Wildman–Crippen MR) is 123 cm³/mol. The van der Waals surface area contributed by atoms with Crippen LogP contribution in [0.4, 0.5) is 11.4 Å². The molecule has 2 aliphatic heterocycles. The van der Waals surface area contributed by atoms with Crippen molar-refractivity contribution in [1.29, 1.82) is 0 Å². The first-order chi connectivity index (χ1) is 16.0. The van der Waals surface area contributed by atoms with E-state index in [1.54, 1.807) is 40.4 Å². The Hall–Kier alpha value is -3.44. The Bertz CT molecular complexity index is 1170. The van der Waals surface area contributed by atoms with Crippen LogP contribution in [0.3, 0.4) is 0 Å². The Kier molecular flexibility index (Phi) is 5.73. The number of likely N-dealkylation sites (tertiary alicyclic amines) is 1. The van der Waals surface area contributed by atoms with Crippen molar-refractivity contribution in [2.45, 2.75) is 38.3 Å². The van der Waals surface area contributed by atoms with E-state index in [-0.39, 0.29) is 30.2 Å². The van der Waals surface area contributed by atoms with Crippen LogP contribution in [0.2, 0.25) is 0 Å². The van der Waals surface area contributed by atoms with Gasteiger partial charge in [0.1, 0.15) is 0 Å². The summed E-state index contributed by atoms with van der Waals surface area (Å²) in [5.41, 5.74) is 1.14. The van der Waals surface area contributed by atoms with Crippen LogP contribution in [-0.4, -0.2) is 62.0 Å². The van der Waals surface area contributed by atoms with E-state index in [1.807, 2.05) is 17.5 Å². The monoisotopic (exact) mass is 465 g/mol. The van der Waals surface area contributed by atoms with Crippen LogP contribution in [-0.2, 0) is 14.4 Å². The maximum absolute atomic E-state index is 13.1. The summed E-state index contributed by atoms with van der Waals surface area (Å²) >= 11 is 1.58. The van der Waals surface area contributed by atoms with Gasteiger partial charge in [-0.05, 0) is 53.8 Å². The molecule has 3 amide bonds. The molecule has 11 heteroatoms. The minimum Gasteiger partial charge on any atom is -0.326 e. The fraction of sp³-hybridized carbons (Fsp3) is 0.364. The molecule has 5 rings (SSSR count). The molecule has 0 aliphatic carbocycles. The molecule has 2 saturated heterocycles. The normalized spacial score (nSPS) is 19.9. The quantitative estimate of drug-likeness (QED) is 0.575. The van der Waals surface area contributed by atoms with Crippen LogP contribution < -0.4 is 10.2 Å². The molecule has 1 atom stereocenters. The maximum Gasteiger partial charge on any atom is 0.251 e. The average molecular weight is 466 g/mol. The number of hydrogen-bond acceptors (Lipinski definition) is 8. The third-order valence-electron chi connectivity index (χ3n) is 6.00. The summed E-state index contributed by atoms with van der Waals surface area (Å²) in [7, 11) is 0. The highest BCUT2D eigenvalue weighted by Gasteiger charge is 2.43. The number of imide groups is 1. The molecule has 0 radical (unpaired) electrons. The number of piperidine rings is 1. The summed E-state index contributed by atoms with van der Waals surface area (Å²) in [4.78, 5) is 43.0. The highest BCUT2D eigenvalue weighted by atomic mass is 32.1. The molecule has 0 spiro atoms. The van der Waals surface area contributed by atoms with Gasteiger partial charge in [0.05, 0.1) is 29.1 Å². The van der Waals surface area contributed by atoms with E-state index in [2.05, 4.69) is 25.6 Å². The molecule has 2 fully saturated rings. The van der Waals surface area contributed by atoms with Crippen LogP contribution in [0.25, 0.3) is 10.7 Å². The number of carbonyl (C=O) groups excluding carboxylic acids is 3. The molecule has 1 N–H and O–H groups in total. The molecule has 170 valence electrons. The summed E-state index contributed by atoms with van der Waals surface area (Å²) in [6, 6.07) is 10.3. The van der Waals surface area contributed by atoms with Gasteiger partial charge in [0.25, 0.3) is 5.91 Å². The Morgan fingerprint density at radius 3 is 2.55 bits per heavy atom. The van der Waals surface area contributed by atoms with E-state index >= 15 is 0 Å². The summed E-state index contributed by atoms with van der Waals surface area (Å²) in [6.07, 6.45) is 1.73. The lowest BCUT2D eigenvalue weighted by Gasteiger charge is -2.34. The van der Waals surface area contributed by atoms with Gasteiger partial charge >= 0.3 is 0 Å². The second-order valence-corrected chi connectivity index (χ2v) is 9.14. The van der Waals surface area contributed by atoms with Gasteiger partial charge in [0.2, 0.25) is 17.6 Å². The highest BCUT2D eigenvalue weighted by molar-refractivity contribution is 7.13. The Morgan fingerprint density at radius 2 is 1.88 bits per heavy atom. The van der Waals surface area contributed by atoms with Crippen molar-refractivity contribution < 1.29 is 14.4 Å². The summed E-state index contributed by atoms with van der Waals surface area (Å²) < 4.78 is 0. The van der Waals surface area contributed by atoms with Crippen molar-refractivity contribution in [1.82, 2.24) is 25.1 Å². The minimum atomic E-state index is -0.459. The van der Waals surface area contributed by atoms with Crippen molar-refractivity contribution in [3.8, 4) is 10.7 Å². The zero-order valence-corrected chi connectivity index (χ0v) is 18.9. The van der Waals surface area contributed by atoms with Crippen LogP contribution in [0.1, 0.15) is 32.2 Å². The van der Waals surface area contributed by atoms with Crippen molar-refractivity contribution in [2.24, 2.45) is 0 Å². The van der Waals surface area contributed by atoms with E-state index in [1.165, 1.54) is 11.8 Å². The van der Waals surface area contributed by atoms with Crippen molar-refractivity contribution in [3.63, 3.8) is 0 Å². The predicted octanol–water partition coefficient (Wildman–Crippen LogP) is 2.33. The zero-order valence-electron chi connectivity index (χ0n) is 18.0. The number of nitrogens with zero attached hydrogens (tertiary/aromatic N) is 6. The summed E-state index contributed by atoms with van der Waals surface area (Å²) in [5.74, 6) is 0.0371. The van der Waals surface area contributed by atoms with E-state index in [4.69, 9.17) is 0 Å². The van der Waals surface area contributed by atoms with Gasteiger partial charge in [-0.3, -0.25) is 19.3 Å². The number of carbonyl (C=O) groups is 3. The molecule has 0 unspecified atom stereocenters. The van der Waals surface area contributed by atoms with Crippen molar-refractivity contribution in [2.75, 3.05) is 23.3 Å². The second-order valence-electron chi connectivity index (χ2n) is 8.19. The molecule has 3 aromatic rings. The van der Waals surface area contributed by atoms with Crippen molar-refractivity contribution in [3.05, 3.63) is 41.8 Å². The first-order valence-corrected chi connectivity index (χ1v) is 11.7. The number of aromatic nitrogens is 4. The number of benzene rings is 1. The molecular formula is C22H23N7O3S. The molecule has 1 aromatic carbocycles. The number of tetrazole rings is 1. The fourth-order valence-corrected chi connectivity index (χ4v) is 5.03. The molecule has 10 nitrogen and oxygen atoms in total. The Balaban J connectivity index is 1.22. The van der Waals surface area contributed by atoms with E-state index in [9.17, 15) is 14.4 Å². The first-order valence-electron chi connectivity index (χ1n) is 10.8. The summed E-state index contributed by atoms with van der Waals surface area (Å²) in [5, 5.41) is 17.6. The number of amides is 3. The largest absolute Gasteiger partial charge is 0.326 e. The number of rotatable bonds is 5. The minimum absolute atomic E-state index is 0.118. The molecule has 4 heterocycles. The zero-order chi connectivity index (χ0) is 22.9. The van der Waals surface area contributed by atoms with E-state index < -0.39 is 6.04 Å². The third kappa shape index (κ3) is 4.29.